The molecule has 21 heavy (non-hydrogen) atoms. The quantitative estimate of drug-likeness (QED) is 0.895. The Morgan fingerprint density at radius 2 is 1.90 bits per heavy atom. The van der Waals surface area contributed by atoms with Crippen LogP contribution in [-0.4, -0.2) is 25.0 Å². The minimum atomic E-state index is -0.340. The Labute approximate surface area is 137 Å². The summed E-state index contributed by atoms with van der Waals surface area (Å²) in [5, 5.41) is 7.26. The number of hydrogen-bond donors (Lipinski definition) is 2. The van der Waals surface area contributed by atoms with E-state index in [0.717, 1.165) is 55.8 Å². The van der Waals surface area contributed by atoms with Gasteiger partial charge in [0.2, 0.25) is 5.91 Å². The third kappa shape index (κ3) is 3.36. The summed E-state index contributed by atoms with van der Waals surface area (Å²) in [4.78, 5) is 12.8. The molecule has 0 bridgehead atoms. The van der Waals surface area contributed by atoms with E-state index in [2.05, 4.69) is 10.6 Å². The van der Waals surface area contributed by atoms with Crippen molar-refractivity contribution < 1.29 is 4.79 Å². The lowest BCUT2D eigenvalue weighted by Crippen LogP contribution is -2.47. The van der Waals surface area contributed by atoms with Gasteiger partial charge in [0, 0.05) is 17.6 Å². The molecular formula is C16H22Cl2N2O. The van der Waals surface area contributed by atoms with Crippen molar-refractivity contribution in [2.75, 3.05) is 13.1 Å². The average molecular weight is 329 g/mol. The van der Waals surface area contributed by atoms with E-state index in [1.807, 2.05) is 24.3 Å². The third-order valence-electron chi connectivity index (χ3n) is 4.68. The van der Waals surface area contributed by atoms with E-state index in [9.17, 15) is 4.79 Å². The smallest absolute Gasteiger partial charge is 0.230 e. The highest BCUT2D eigenvalue weighted by Gasteiger charge is 2.43. The molecule has 3 rings (SSSR count). The van der Waals surface area contributed by atoms with E-state index < -0.39 is 0 Å². The number of benzene rings is 1. The van der Waals surface area contributed by atoms with Gasteiger partial charge < -0.3 is 10.6 Å². The van der Waals surface area contributed by atoms with E-state index in [0.29, 0.717) is 0 Å². The number of carbonyl (C=O) groups is 1. The van der Waals surface area contributed by atoms with Gasteiger partial charge in [0.25, 0.3) is 0 Å². The van der Waals surface area contributed by atoms with Crippen molar-refractivity contribution >= 4 is 29.9 Å². The van der Waals surface area contributed by atoms with Crippen molar-refractivity contribution in [3.63, 3.8) is 0 Å². The number of hydrogen-bond acceptors (Lipinski definition) is 2. The van der Waals surface area contributed by atoms with Crippen LogP contribution in [0.25, 0.3) is 0 Å². The molecule has 1 atom stereocenters. The van der Waals surface area contributed by atoms with Gasteiger partial charge in [-0.25, -0.2) is 0 Å². The van der Waals surface area contributed by atoms with Gasteiger partial charge in [0.1, 0.15) is 0 Å². The molecule has 2 fully saturated rings. The summed E-state index contributed by atoms with van der Waals surface area (Å²) in [6.07, 6.45) is 5.17. The van der Waals surface area contributed by atoms with Gasteiger partial charge in [0.05, 0.1) is 5.41 Å². The molecule has 1 aromatic rings. The van der Waals surface area contributed by atoms with E-state index in [1.54, 1.807) is 0 Å². The van der Waals surface area contributed by atoms with Gasteiger partial charge in [-0.05, 0) is 43.5 Å². The molecule has 1 saturated carbocycles. The predicted octanol–water partition coefficient (Wildman–Crippen LogP) is 3.05. The zero-order valence-electron chi connectivity index (χ0n) is 12.0. The van der Waals surface area contributed by atoms with Crippen molar-refractivity contribution in [3.05, 3.63) is 34.9 Å². The van der Waals surface area contributed by atoms with Gasteiger partial charge in [0.15, 0.2) is 0 Å². The molecule has 1 saturated heterocycles. The zero-order chi connectivity index (χ0) is 14.0. The van der Waals surface area contributed by atoms with Crippen molar-refractivity contribution in [3.8, 4) is 0 Å². The lowest BCUT2D eigenvalue weighted by atomic mass is 9.78. The standard InChI is InChI=1S/C16H21ClN2O.ClH/c17-13-5-3-12(4-6-13)16(8-1-2-9-16)15(20)19-14-7-10-18-11-14;/h3-6,14,18H,1-2,7-11H2,(H,19,20);1H. The molecule has 2 N–H and O–H groups in total. The first-order valence-corrected chi connectivity index (χ1v) is 7.86. The van der Waals surface area contributed by atoms with E-state index in [-0.39, 0.29) is 29.8 Å². The molecule has 0 spiro atoms. The molecule has 1 amide bonds. The van der Waals surface area contributed by atoms with Crippen LogP contribution in [0.15, 0.2) is 24.3 Å². The van der Waals surface area contributed by atoms with Crippen LogP contribution in [0.4, 0.5) is 0 Å². The summed E-state index contributed by atoms with van der Waals surface area (Å²) in [6, 6.07) is 8.09. The molecule has 1 heterocycles. The molecule has 0 radical (unpaired) electrons. The summed E-state index contributed by atoms with van der Waals surface area (Å²) in [7, 11) is 0. The minimum Gasteiger partial charge on any atom is -0.351 e. The summed E-state index contributed by atoms with van der Waals surface area (Å²) in [6.45, 7) is 1.89. The van der Waals surface area contributed by atoms with Crippen molar-refractivity contribution in [1.82, 2.24) is 10.6 Å². The summed E-state index contributed by atoms with van der Waals surface area (Å²) in [5.41, 5.74) is 0.774. The Morgan fingerprint density at radius 3 is 2.48 bits per heavy atom. The number of rotatable bonds is 3. The highest BCUT2D eigenvalue weighted by Crippen LogP contribution is 2.41. The highest BCUT2D eigenvalue weighted by molar-refractivity contribution is 6.30. The Morgan fingerprint density at radius 1 is 1.24 bits per heavy atom. The fourth-order valence-corrected chi connectivity index (χ4v) is 3.62. The van der Waals surface area contributed by atoms with E-state index >= 15 is 0 Å². The maximum Gasteiger partial charge on any atom is 0.230 e. The number of nitrogens with one attached hydrogen (secondary N) is 2. The second kappa shape index (κ2) is 6.99. The fourth-order valence-electron chi connectivity index (χ4n) is 3.50. The Hall–Kier alpha value is -0.770. The second-order valence-electron chi connectivity index (χ2n) is 5.96. The highest BCUT2D eigenvalue weighted by atomic mass is 35.5. The van der Waals surface area contributed by atoms with Crippen molar-refractivity contribution in [2.24, 2.45) is 0 Å². The molecule has 1 aliphatic carbocycles. The Balaban J connectivity index is 0.00000161. The lowest BCUT2D eigenvalue weighted by molar-refractivity contribution is -0.127. The first kappa shape index (κ1) is 16.6. The van der Waals surface area contributed by atoms with Crippen LogP contribution >= 0.6 is 24.0 Å². The Bertz CT molecular complexity index is 478. The van der Waals surface area contributed by atoms with Gasteiger partial charge in [-0.3, -0.25) is 4.79 Å². The van der Waals surface area contributed by atoms with Crippen LogP contribution < -0.4 is 10.6 Å². The van der Waals surface area contributed by atoms with E-state index in [1.165, 1.54) is 0 Å². The number of amides is 1. The number of carbonyl (C=O) groups excluding carboxylic acids is 1. The summed E-state index contributed by atoms with van der Waals surface area (Å²) >= 11 is 5.97. The third-order valence-corrected chi connectivity index (χ3v) is 4.94. The molecule has 1 unspecified atom stereocenters. The van der Waals surface area contributed by atoms with E-state index in [4.69, 9.17) is 11.6 Å². The number of halogens is 2. The maximum atomic E-state index is 12.8. The molecular weight excluding hydrogens is 307 g/mol. The first-order valence-electron chi connectivity index (χ1n) is 7.48. The summed E-state index contributed by atoms with van der Waals surface area (Å²) in [5.74, 6) is 0.200. The van der Waals surface area contributed by atoms with Gasteiger partial charge in [-0.15, -0.1) is 12.4 Å². The Kier molecular flexibility index (Phi) is 5.53. The van der Waals surface area contributed by atoms with Crippen LogP contribution in [0.1, 0.15) is 37.7 Å². The largest absolute Gasteiger partial charge is 0.351 e. The fraction of sp³-hybridized carbons (Fsp3) is 0.562. The molecule has 2 aliphatic rings. The van der Waals surface area contributed by atoms with Crippen molar-refractivity contribution in [1.29, 1.82) is 0 Å². The van der Waals surface area contributed by atoms with Crippen LogP contribution in [0, 0.1) is 0 Å². The van der Waals surface area contributed by atoms with Crippen LogP contribution in [0.3, 0.4) is 0 Å². The molecule has 3 nitrogen and oxygen atoms in total. The summed E-state index contributed by atoms with van der Waals surface area (Å²) < 4.78 is 0. The van der Waals surface area contributed by atoms with Crippen LogP contribution in [0.2, 0.25) is 5.02 Å². The first-order chi connectivity index (χ1) is 9.71. The predicted molar refractivity (Wildman–Crippen MR) is 88.3 cm³/mol. The molecule has 1 aromatic carbocycles. The monoisotopic (exact) mass is 328 g/mol. The SMILES string of the molecule is Cl.O=C(NC1CCNC1)C1(c2ccc(Cl)cc2)CCCC1. The normalized spacial score (nSPS) is 23.6. The molecule has 116 valence electrons. The second-order valence-corrected chi connectivity index (χ2v) is 6.40. The van der Waals surface area contributed by atoms with Crippen LogP contribution in [0.5, 0.6) is 0 Å². The topological polar surface area (TPSA) is 41.1 Å². The van der Waals surface area contributed by atoms with Crippen molar-refractivity contribution in [2.45, 2.75) is 43.6 Å². The maximum absolute atomic E-state index is 12.8. The lowest BCUT2D eigenvalue weighted by Gasteiger charge is -2.30. The van der Waals surface area contributed by atoms with Crippen LogP contribution in [-0.2, 0) is 10.2 Å². The minimum absolute atomic E-state index is 0. The average Bonchev–Trinajstić information content (AvgIpc) is 3.10. The molecule has 0 aromatic heterocycles. The van der Waals surface area contributed by atoms with Gasteiger partial charge >= 0.3 is 0 Å². The van der Waals surface area contributed by atoms with Gasteiger partial charge in [-0.2, -0.15) is 0 Å². The van der Waals surface area contributed by atoms with Gasteiger partial charge in [-0.1, -0.05) is 36.6 Å². The molecule has 5 heteroatoms. The zero-order valence-corrected chi connectivity index (χ0v) is 13.6. The molecule has 1 aliphatic heterocycles.